The Morgan fingerprint density at radius 1 is 1.05 bits per heavy atom. The summed E-state index contributed by atoms with van der Waals surface area (Å²) in [6.07, 6.45) is 3.00. The minimum atomic E-state index is -0.450. The normalized spacial score (nSPS) is 10.6. The lowest BCUT2D eigenvalue weighted by Crippen LogP contribution is -2.02. The highest BCUT2D eigenvalue weighted by Gasteiger charge is 2.04. The van der Waals surface area contributed by atoms with Crippen molar-refractivity contribution in [1.82, 2.24) is 4.98 Å². The number of oxazole rings is 1. The molecule has 2 aromatic carbocycles. The van der Waals surface area contributed by atoms with Crippen molar-refractivity contribution < 1.29 is 13.2 Å². The van der Waals surface area contributed by atoms with Crippen molar-refractivity contribution in [3.63, 3.8) is 0 Å². The van der Waals surface area contributed by atoms with Crippen LogP contribution in [0.3, 0.4) is 0 Å². The van der Waals surface area contributed by atoms with Crippen molar-refractivity contribution in [2.24, 2.45) is 0 Å². The molecule has 0 aliphatic rings. The molecule has 106 valence electrons. The van der Waals surface area contributed by atoms with Crippen LogP contribution in [0.1, 0.15) is 5.56 Å². The Kier molecular flexibility index (Phi) is 3.64. The molecule has 21 heavy (non-hydrogen) atoms. The first-order valence-electron chi connectivity index (χ1n) is 6.39. The third kappa shape index (κ3) is 3.08. The zero-order chi connectivity index (χ0) is 14.7. The molecule has 0 saturated heterocycles. The van der Waals surface area contributed by atoms with Gasteiger partial charge in [-0.15, -0.1) is 0 Å². The van der Waals surface area contributed by atoms with Crippen LogP contribution in [0.15, 0.2) is 59.5 Å². The summed E-state index contributed by atoms with van der Waals surface area (Å²) in [5.41, 5.74) is 1.99. The van der Waals surface area contributed by atoms with Gasteiger partial charge in [0.1, 0.15) is 11.6 Å². The van der Waals surface area contributed by atoms with E-state index in [1.807, 2.05) is 24.3 Å². The maximum atomic E-state index is 13.5. The molecule has 3 aromatic rings. The molecule has 3 rings (SSSR count). The minimum absolute atomic E-state index is 0.214. The maximum absolute atomic E-state index is 13.5. The van der Waals surface area contributed by atoms with Crippen molar-refractivity contribution >= 4 is 5.69 Å². The van der Waals surface area contributed by atoms with Crippen LogP contribution in [-0.2, 0) is 6.54 Å². The number of anilines is 1. The zero-order valence-corrected chi connectivity index (χ0v) is 11.0. The van der Waals surface area contributed by atoms with Gasteiger partial charge in [0.25, 0.3) is 0 Å². The highest BCUT2D eigenvalue weighted by molar-refractivity contribution is 5.60. The number of aromatic nitrogens is 1. The summed E-state index contributed by atoms with van der Waals surface area (Å²) < 4.78 is 31.8. The SMILES string of the molecule is Fc1ccc(F)c(CNc2ccc(-c3cnco3)cc2)c1. The lowest BCUT2D eigenvalue weighted by Gasteiger charge is -2.08. The van der Waals surface area contributed by atoms with Crippen molar-refractivity contribution in [3.05, 3.63) is 72.3 Å². The van der Waals surface area contributed by atoms with E-state index >= 15 is 0 Å². The second-order valence-corrected chi connectivity index (χ2v) is 4.53. The Labute approximate surface area is 120 Å². The first-order valence-corrected chi connectivity index (χ1v) is 6.39. The number of nitrogens with zero attached hydrogens (tertiary/aromatic N) is 1. The largest absolute Gasteiger partial charge is 0.444 e. The van der Waals surface area contributed by atoms with Gasteiger partial charge in [-0.3, -0.25) is 0 Å². The minimum Gasteiger partial charge on any atom is -0.444 e. The van der Waals surface area contributed by atoms with Crippen LogP contribution in [0.25, 0.3) is 11.3 Å². The van der Waals surface area contributed by atoms with E-state index < -0.39 is 11.6 Å². The molecule has 0 fully saturated rings. The van der Waals surface area contributed by atoms with Crippen molar-refractivity contribution in [2.75, 3.05) is 5.32 Å². The van der Waals surface area contributed by atoms with Gasteiger partial charge in [-0.1, -0.05) is 0 Å². The molecular weight excluding hydrogens is 274 g/mol. The van der Waals surface area contributed by atoms with E-state index in [0.717, 1.165) is 23.4 Å². The third-order valence-electron chi connectivity index (χ3n) is 3.09. The molecule has 0 aliphatic heterocycles. The molecule has 0 aliphatic carbocycles. The van der Waals surface area contributed by atoms with Crippen LogP contribution in [0.2, 0.25) is 0 Å². The van der Waals surface area contributed by atoms with Gasteiger partial charge >= 0.3 is 0 Å². The van der Waals surface area contributed by atoms with Crippen LogP contribution < -0.4 is 5.32 Å². The second-order valence-electron chi connectivity index (χ2n) is 4.53. The summed E-state index contributed by atoms with van der Waals surface area (Å²) in [6, 6.07) is 10.8. The third-order valence-corrected chi connectivity index (χ3v) is 3.09. The Hall–Kier alpha value is -2.69. The molecule has 5 heteroatoms. The maximum Gasteiger partial charge on any atom is 0.181 e. The summed E-state index contributed by atoms with van der Waals surface area (Å²) in [7, 11) is 0. The monoisotopic (exact) mass is 286 g/mol. The van der Waals surface area contributed by atoms with Crippen LogP contribution in [0.4, 0.5) is 14.5 Å². The fourth-order valence-corrected chi connectivity index (χ4v) is 1.99. The molecule has 0 amide bonds. The molecule has 1 aromatic heterocycles. The van der Waals surface area contributed by atoms with Gasteiger partial charge in [-0.05, 0) is 42.5 Å². The lowest BCUT2D eigenvalue weighted by atomic mass is 10.1. The molecule has 0 saturated carbocycles. The Morgan fingerprint density at radius 2 is 1.86 bits per heavy atom. The Bertz CT molecular complexity index is 725. The summed E-state index contributed by atoms with van der Waals surface area (Å²) in [6.45, 7) is 0.214. The van der Waals surface area contributed by atoms with Gasteiger partial charge in [0.05, 0.1) is 6.20 Å². The average molecular weight is 286 g/mol. The molecular formula is C16H12F2N2O. The van der Waals surface area contributed by atoms with Gasteiger partial charge < -0.3 is 9.73 Å². The van der Waals surface area contributed by atoms with E-state index in [1.165, 1.54) is 12.5 Å². The lowest BCUT2D eigenvalue weighted by molar-refractivity contribution is 0.572. The Morgan fingerprint density at radius 3 is 2.57 bits per heavy atom. The van der Waals surface area contributed by atoms with Gasteiger partial charge in [0.15, 0.2) is 12.2 Å². The van der Waals surface area contributed by atoms with Crippen molar-refractivity contribution in [3.8, 4) is 11.3 Å². The molecule has 3 nitrogen and oxygen atoms in total. The molecule has 1 N–H and O–H groups in total. The van der Waals surface area contributed by atoms with E-state index in [9.17, 15) is 8.78 Å². The van der Waals surface area contributed by atoms with E-state index in [-0.39, 0.29) is 12.1 Å². The standard InChI is InChI=1S/C16H12F2N2O/c17-13-3-6-15(18)12(7-13)8-20-14-4-1-11(2-5-14)16-9-19-10-21-16/h1-7,9-10,20H,8H2. The van der Waals surface area contributed by atoms with Gasteiger partial charge in [-0.2, -0.15) is 0 Å². The highest BCUT2D eigenvalue weighted by Crippen LogP contribution is 2.21. The van der Waals surface area contributed by atoms with Crippen molar-refractivity contribution in [2.45, 2.75) is 6.54 Å². The Balaban J connectivity index is 1.70. The van der Waals surface area contributed by atoms with Gasteiger partial charge in [0, 0.05) is 23.4 Å². The van der Waals surface area contributed by atoms with Gasteiger partial charge in [-0.25, -0.2) is 13.8 Å². The number of rotatable bonds is 4. The molecule has 0 bridgehead atoms. The average Bonchev–Trinajstić information content (AvgIpc) is 3.03. The summed E-state index contributed by atoms with van der Waals surface area (Å²) in [4.78, 5) is 3.86. The van der Waals surface area contributed by atoms with E-state index in [1.54, 1.807) is 6.20 Å². The molecule has 0 atom stereocenters. The fourth-order valence-electron chi connectivity index (χ4n) is 1.99. The summed E-state index contributed by atoms with van der Waals surface area (Å²) in [5, 5.41) is 3.05. The number of nitrogens with one attached hydrogen (secondary N) is 1. The summed E-state index contributed by atoms with van der Waals surface area (Å²) in [5.74, 6) is -0.200. The van der Waals surface area contributed by atoms with Crippen molar-refractivity contribution in [1.29, 1.82) is 0 Å². The number of hydrogen-bond donors (Lipinski definition) is 1. The second kappa shape index (κ2) is 5.75. The van der Waals surface area contributed by atoms with Crippen LogP contribution in [-0.4, -0.2) is 4.98 Å². The van der Waals surface area contributed by atoms with Crippen LogP contribution >= 0.6 is 0 Å². The first kappa shape index (κ1) is 13.3. The predicted molar refractivity (Wildman–Crippen MR) is 75.6 cm³/mol. The molecule has 0 radical (unpaired) electrons. The molecule has 0 spiro atoms. The predicted octanol–water partition coefficient (Wildman–Crippen LogP) is 4.23. The topological polar surface area (TPSA) is 38.1 Å². The molecule has 0 unspecified atom stereocenters. The van der Waals surface area contributed by atoms with Crippen LogP contribution in [0, 0.1) is 11.6 Å². The molecule has 1 heterocycles. The highest BCUT2D eigenvalue weighted by atomic mass is 19.1. The zero-order valence-electron chi connectivity index (χ0n) is 11.0. The fraction of sp³-hybridized carbons (Fsp3) is 0.0625. The van der Waals surface area contributed by atoms with E-state index in [2.05, 4.69) is 10.3 Å². The van der Waals surface area contributed by atoms with E-state index in [4.69, 9.17) is 4.42 Å². The van der Waals surface area contributed by atoms with E-state index in [0.29, 0.717) is 5.76 Å². The first-order chi connectivity index (χ1) is 10.2. The number of benzene rings is 2. The number of halogens is 2. The quantitative estimate of drug-likeness (QED) is 0.780. The number of hydrogen-bond acceptors (Lipinski definition) is 3. The van der Waals surface area contributed by atoms with Crippen LogP contribution in [0.5, 0.6) is 0 Å². The summed E-state index contributed by atoms with van der Waals surface area (Å²) >= 11 is 0. The smallest absolute Gasteiger partial charge is 0.181 e. The van der Waals surface area contributed by atoms with Gasteiger partial charge in [0.2, 0.25) is 0 Å².